The molecule has 134 valence electrons. The molecule has 1 aliphatic rings. The van der Waals surface area contributed by atoms with Gasteiger partial charge in [0.15, 0.2) is 0 Å². The summed E-state index contributed by atoms with van der Waals surface area (Å²) in [5.74, 6) is 1.68. The average molecular weight is 361 g/mol. The van der Waals surface area contributed by atoms with E-state index in [0.29, 0.717) is 5.02 Å². The lowest BCUT2D eigenvalue weighted by Crippen LogP contribution is -2.37. The third kappa shape index (κ3) is 5.44. The number of hydrogen-bond donors (Lipinski definition) is 1. The Hall–Kier alpha value is -1.59. The van der Waals surface area contributed by atoms with Crippen LogP contribution in [-0.2, 0) is 17.7 Å². The number of morpholine rings is 1. The highest BCUT2D eigenvalue weighted by Crippen LogP contribution is 2.27. The Morgan fingerprint density at radius 1 is 1.12 bits per heavy atom. The first-order valence-electron chi connectivity index (χ1n) is 8.74. The van der Waals surface area contributed by atoms with E-state index < -0.39 is 0 Å². The monoisotopic (exact) mass is 360 g/mol. The first-order valence-corrected chi connectivity index (χ1v) is 9.12. The van der Waals surface area contributed by atoms with Gasteiger partial charge in [-0.15, -0.1) is 0 Å². The molecule has 1 saturated heterocycles. The van der Waals surface area contributed by atoms with Crippen molar-refractivity contribution in [3.63, 3.8) is 0 Å². The lowest BCUT2D eigenvalue weighted by molar-refractivity contribution is 0.0384. The van der Waals surface area contributed by atoms with Crippen molar-refractivity contribution in [3.05, 3.63) is 58.6 Å². The second-order valence-electron chi connectivity index (χ2n) is 6.23. The first kappa shape index (κ1) is 18.2. The molecule has 0 bridgehead atoms. The van der Waals surface area contributed by atoms with Crippen LogP contribution in [-0.4, -0.2) is 44.8 Å². The van der Waals surface area contributed by atoms with Gasteiger partial charge in [-0.1, -0.05) is 23.7 Å². The van der Waals surface area contributed by atoms with Gasteiger partial charge in [0.25, 0.3) is 0 Å². The smallest absolute Gasteiger partial charge is 0.131 e. The van der Waals surface area contributed by atoms with Gasteiger partial charge in [-0.2, -0.15) is 0 Å². The van der Waals surface area contributed by atoms with E-state index in [0.717, 1.165) is 62.9 Å². The lowest BCUT2D eigenvalue weighted by atomic mass is 10.1. The SMILES string of the molecule is CNCc1cc(CCN2CCOCC2)ccc1Oc1ccc(Cl)cc1. The number of rotatable bonds is 7. The van der Waals surface area contributed by atoms with Gasteiger partial charge in [-0.3, -0.25) is 4.90 Å². The predicted molar refractivity (Wildman–Crippen MR) is 102 cm³/mol. The molecule has 1 aliphatic heterocycles. The van der Waals surface area contributed by atoms with Crippen molar-refractivity contribution in [2.45, 2.75) is 13.0 Å². The first-order chi connectivity index (χ1) is 12.2. The summed E-state index contributed by atoms with van der Waals surface area (Å²) in [5, 5.41) is 3.93. The molecular formula is C20H25ClN2O2. The molecule has 0 spiro atoms. The van der Waals surface area contributed by atoms with Gasteiger partial charge in [0, 0.05) is 36.8 Å². The Labute approximate surface area is 154 Å². The Morgan fingerprint density at radius 2 is 1.88 bits per heavy atom. The summed E-state index contributed by atoms with van der Waals surface area (Å²) in [4.78, 5) is 2.46. The molecule has 0 aliphatic carbocycles. The van der Waals surface area contributed by atoms with Crippen LogP contribution in [0, 0.1) is 0 Å². The molecule has 0 unspecified atom stereocenters. The summed E-state index contributed by atoms with van der Waals surface area (Å²) in [6.45, 7) is 5.59. The number of nitrogens with zero attached hydrogens (tertiary/aromatic N) is 1. The molecule has 1 N–H and O–H groups in total. The molecular weight excluding hydrogens is 336 g/mol. The molecule has 5 heteroatoms. The zero-order valence-corrected chi connectivity index (χ0v) is 15.4. The van der Waals surface area contributed by atoms with Gasteiger partial charge >= 0.3 is 0 Å². The molecule has 2 aromatic rings. The molecule has 0 aromatic heterocycles. The second kappa shape index (κ2) is 9.20. The summed E-state index contributed by atoms with van der Waals surface area (Å²) in [6.07, 6.45) is 1.04. The third-order valence-corrected chi connectivity index (χ3v) is 4.61. The summed E-state index contributed by atoms with van der Waals surface area (Å²) < 4.78 is 11.4. The van der Waals surface area contributed by atoms with Crippen LogP contribution < -0.4 is 10.1 Å². The van der Waals surface area contributed by atoms with Gasteiger partial charge in [0.05, 0.1) is 13.2 Å². The fourth-order valence-electron chi connectivity index (χ4n) is 2.96. The third-order valence-electron chi connectivity index (χ3n) is 4.35. The highest BCUT2D eigenvalue weighted by molar-refractivity contribution is 6.30. The quantitative estimate of drug-likeness (QED) is 0.815. The van der Waals surface area contributed by atoms with Crippen LogP contribution in [0.2, 0.25) is 5.02 Å². The maximum Gasteiger partial charge on any atom is 0.131 e. The standard InChI is InChI=1S/C20H25ClN2O2/c1-22-15-17-14-16(8-9-23-10-12-24-13-11-23)2-7-20(17)25-19-5-3-18(21)4-6-19/h2-7,14,22H,8-13,15H2,1H3. The molecule has 2 aromatic carbocycles. The van der Waals surface area contributed by atoms with Crippen molar-refractivity contribution in [2.75, 3.05) is 39.9 Å². The highest BCUT2D eigenvalue weighted by Gasteiger charge is 2.11. The van der Waals surface area contributed by atoms with E-state index in [1.54, 1.807) is 0 Å². The van der Waals surface area contributed by atoms with E-state index >= 15 is 0 Å². The van der Waals surface area contributed by atoms with Crippen LogP contribution in [0.3, 0.4) is 0 Å². The normalized spacial score (nSPS) is 15.3. The zero-order valence-electron chi connectivity index (χ0n) is 14.6. The van der Waals surface area contributed by atoms with Gasteiger partial charge < -0.3 is 14.8 Å². The van der Waals surface area contributed by atoms with Gasteiger partial charge in [0.2, 0.25) is 0 Å². The number of benzene rings is 2. The number of hydrogen-bond acceptors (Lipinski definition) is 4. The largest absolute Gasteiger partial charge is 0.457 e. The Balaban J connectivity index is 1.67. The Bertz CT molecular complexity index is 670. The summed E-state index contributed by atoms with van der Waals surface area (Å²) in [7, 11) is 1.95. The van der Waals surface area contributed by atoms with E-state index in [-0.39, 0.29) is 0 Å². The molecule has 0 radical (unpaired) electrons. The van der Waals surface area contributed by atoms with E-state index in [9.17, 15) is 0 Å². The van der Waals surface area contributed by atoms with Gasteiger partial charge in [-0.25, -0.2) is 0 Å². The molecule has 1 fully saturated rings. The summed E-state index contributed by atoms with van der Waals surface area (Å²) >= 11 is 5.94. The van der Waals surface area contributed by atoms with Crippen molar-refractivity contribution in [2.24, 2.45) is 0 Å². The second-order valence-corrected chi connectivity index (χ2v) is 6.67. The fraction of sp³-hybridized carbons (Fsp3) is 0.400. The van der Waals surface area contributed by atoms with Crippen LogP contribution in [0.15, 0.2) is 42.5 Å². The average Bonchev–Trinajstić information content (AvgIpc) is 2.65. The molecule has 4 nitrogen and oxygen atoms in total. The van der Waals surface area contributed by atoms with E-state index in [1.807, 2.05) is 31.3 Å². The van der Waals surface area contributed by atoms with Crippen molar-refractivity contribution in [1.29, 1.82) is 0 Å². The number of ether oxygens (including phenoxy) is 2. The molecule has 25 heavy (non-hydrogen) atoms. The minimum Gasteiger partial charge on any atom is -0.457 e. The van der Waals surface area contributed by atoms with Crippen LogP contribution in [0.4, 0.5) is 0 Å². The highest BCUT2D eigenvalue weighted by atomic mass is 35.5. The maximum atomic E-state index is 6.04. The van der Waals surface area contributed by atoms with Crippen molar-refractivity contribution < 1.29 is 9.47 Å². The molecule has 1 heterocycles. The summed E-state index contributed by atoms with van der Waals surface area (Å²) in [5.41, 5.74) is 2.50. The van der Waals surface area contributed by atoms with Gasteiger partial charge in [0.1, 0.15) is 11.5 Å². The minimum absolute atomic E-state index is 0.709. The van der Waals surface area contributed by atoms with E-state index in [2.05, 4.69) is 28.4 Å². The Kier molecular flexibility index (Phi) is 6.70. The predicted octanol–water partition coefficient (Wildman–Crippen LogP) is 3.73. The van der Waals surface area contributed by atoms with Gasteiger partial charge in [-0.05, 0) is 49.4 Å². The van der Waals surface area contributed by atoms with E-state index in [4.69, 9.17) is 21.1 Å². The maximum absolute atomic E-state index is 6.04. The molecule has 0 saturated carbocycles. The summed E-state index contributed by atoms with van der Waals surface area (Å²) in [6, 6.07) is 13.9. The van der Waals surface area contributed by atoms with Crippen LogP contribution in [0.25, 0.3) is 0 Å². The fourth-order valence-corrected chi connectivity index (χ4v) is 3.08. The van der Waals surface area contributed by atoms with Crippen LogP contribution in [0.1, 0.15) is 11.1 Å². The van der Waals surface area contributed by atoms with E-state index in [1.165, 1.54) is 5.56 Å². The number of nitrogens with one attached hydrogen (secondary N) is 1. The Morgan fingerprint density at radius 3 is 2.60 bits per heavy atom. The van der Waals surface area contributed by atoms with Crippen molar-refractivity contribution >= 4 is 11.6 Å². The molecule has 0 amide bonds. The lowest BCUT2D eigenvalue weighted by Gasteiger charge is -2.26. The zero-order chi connectivity index (χ0) is 17.5. The van der Waals surface area contributed by atoms with Crippen LogP contribution in [0.5, 0.6) is 11.5 Å². The molecule has 3 rings (SSSR count). The van der Waals surface area contributed by atoms with Crippen LogP contribution >= 0.6 is 11.6 Å². The van der Waals surface area contributed by atoms with Crippen molar-refractivity contribution in [3.8, 4) is 11.5 Å². The number of halogens is 1. The van der Waals surface area contributed by atoms with Crippen molar-refractivity contribution in [1.82, 2.24) is 10.2 Å². The molecule has 0 atom stereocenters. The topological polar surface area (TPSA) is 33.7 Å². The minimum atomic E-state index is 0.709.